The summed E-state index contributed by atoms with van der Waals surface area (Å²) in [6.07, 6.45) is 3.14. The van der Waals surface area contributed by atoms with E-state index in [1.54, 1.807) is 11.3 Å². The number of aromatic nitrogens is 1. The number of nitrogens with one attached hydrogen (secondary N) is 1. The number of pyridine rings is 1. The topological polar surface area (TPSA) is 28.2 Å². The summed E-state index contributed by atoms with van der Waals surface area (Å²) in [7, 11) is 2.14. The first kappa shape index (κ1) is 16.5. The molecule has 2 aromatic heterocycles. The van der Waals surface area contributed by atoms with Gasteiger partial charge in [-0.15, -0.1) is 11.3 Å². The van der Waals surface area contributed by atoms with Crippen LogP contribution in [0.4, 0.5) is 5.69 Å². The highest BCUT2D eigenvalue weighted by Gasteiger charge is 2.10. The zero-order valence-corrected chi connectivity index (χ0v) is 15.2. The van der Waals surface area contributed by atoms with E-state index in [1.807, 2.05) is 13.1 Å². The van der Waals surface area contributed by atoms with Gasteiger partial charge in [-0.3, -0.25) is 4.98 Å². The van der Waals surface area contributed by atoms with Crippen molar-refractivity contribution in [3.05, 3.63) is 44.3 Å². The Morgan fingerprint density at radius 3 is 2.86 bits per heavy atom. The fraction of sp³-hybridized carbons (Fsp3) is 0.438. The van der Waals surface area contributed by atoms with E-state index in [9.17, 15) is 0 Å². The average Bonchev–Trinajstić information content (AvgIpc) is 2.86. The Morgan fingerprint density at radius 1 is 1.38 bits per heavy atom. The van der Waals surface area contributed by atoms with Crippen LogP contribution in [0.25, 0.3) is 0 Å². The largest absolute Gasteiger partial charge is 0.370 e. The molecule has 2 aromatic rings. The lowest BCUT2D eigenvalue weighted by atomic mass is 10.1. The molecule has 1 N–H and O–H groups in total. The second-order valence-corrected chi connectivity index (χ2v) is 7.54. The number of halogens is 1. The summed E-state index contributed by atoms with van der Waals surface area (Å²) >= 11 is 5.26. The van der Waals surface area contributed by atoms with Crippen LogP contribution in [0, 0.1) is 6.92 Å². The van der Waals surface area contributed by atoms with E-state index < -0.39 is 0 Å². The molecule has 2 heterocycles. The van der Waals surface area contributed by atoms with E-state index >= 15 is 0 Å². The molecule has 0 fully saturated rings. The third-order valence-corrected chi connectivity index (χ3v) is 4.85. The molecule has 0 aliphatic heterocycles. The van der Waals surface area contributed by atoms with Crippen LogP contribution < -0.4 is 10.2 Å². The first-order valence-corrected chi connectivity index (χ1v) is 8.87. The van der Waals surface area contributed by atoms with Gasteiger partial charge in [0.15, 0.2) is 0 Å². The molecule has 0 bridgehead atoms. The number of nitrogens with zero attached hydrogens (tertiary/aromatic N) is 2. The van der Waals surface area contributed by atoms with Gasteiger partial charge >= 0.3 is 0 Å². The zero-order chi connectivity index (χ0) is 15.2. The molecule has 0 amide bonds. The van der Waals surface area contributed by atoms with E-state index in [0.717, 1.165) is 31.7 Å². The molecule has 0 saturated heterocycles. The number of hydrogen-bond acceptors (Lipinski definition) is 4. The van der Waals surface area contributed by atoms with Gasteiger partial charge in [0.2, 0.25) is 0 Å². The number of aryl methyl sites for hydroxylation is 1. The van der Waals surface area contributed by atoms with Crippen molar-refractivity contribution < 1.29 is 0 Å². The minimum Gasteiger partial charge on any atom is -0.370 e. The molecular formula is C16H22BrN3S. The van der Waals surface area contributed by atoms with Gasteiger partial charge in [0.1, 0.15) is 0 Å². The fourth-order valence-electron chi connectivity index (χ4n) is 2.25. The molecule has 5 heteroatoms. The van der Waals surface area contributed by atoms with Crippen molar-refractivity contribution in [3.63, 3.8) is 0 Å². The SMILES string of the molecule is CCCNCc1cnc(C)cc1N(C)Cc1csc(Br)c1. The van der Waals surface area contributed by atoms with Crippen LogP contribution in [0.5, 0.6) is 0 Å². The molecule has 21 heavy (non-hydrogen) atoms. The van der Waals surface area contributed by atoms with Crippen molar-refractivity contribution in [2.45, 2.75) is 33.4 Å². The van der Waals surface area contributed by atoms with Crippen molar-refractivity contribution in [2.24, 2.45) is 0 Å². The van der Waals surface area contributed by atoms with Crippen LogP contribution >= 0.6 is 27.3 Å². The van der Waals surface area contributed by atoms with Crippen molar-refractivity contribution in [2.75, 3.05) is 18.5 Å². The molecule has 2 rings (SSSR count). The van der Waals surface area contributed by atoms with Gasteiger partial charge < -0.3 is 10.2 Å². The standard InChI is InChI=1S/C16H22BrN3S/c1-4-5-18-8-14-9-19-12(2)6-15(14)20(3)10-13-7-16(17)21-11-13/h6-7,9,11,18H,4-5,8,10H2,1-3H3. The molecule has 0 aliphatic carbocycles. The molecule has 0 radical (unpaired) electrons. The first-order valence-electron chi connectivity index (χ1n) is 7.20. The Balaban J connectivity index is 2.13. The summed E-state index contributed by atoms with van der Waals surface area (Å²) in [6, 6.07) is 4.36. The second kappa shape index (κ2) is 7.92. The van der Waals surface area contributed by atoms with Crippen molar-refractivity contribution in [1.82, 2.24) is 10.3 Å². The van der Waals surface area contributed by atoms with E-state index in [2.05, 4.69) is 62.6 Å². The van der Waals surface area contributed by atoms with E-state index in [0.29, 0.717) is 0 Å². The summed E-state index contributed by atoms with van der Waals surface area (Å²) in [5.41, 5.74) is 4.90. The molecule has 0 aromatic carbocycles. The predicted molar refractivity (Wildman–Crippen MR) is 95.1 cm³/mol. The summed E-state index contributed by atoms with van der Waals surface area (Å²) in [5.74, 6) is 0. The number of rotatable bonds is 7. The molecule has 114 valence electrons. The van der Waals surface area contributed by atoms with Gasteiger partial charge in [-0.05, 0) is 58.9 Å². The van der Waals surface area contributed by atoms with Gasteiger partial charge in [0.05, 0.1) is 3.79 Å². The summed E-state index contributed by atoms with van der Waals surface area (Å²) in [4.78, 5) is 6.74. The maximum Gasteiger partial charge on any atom is 0.0701 e. The highest BCUT2D eigenvalue weighted by atomic mass is 79.9. The van der Waals surface area contributed by atoms with Crippen molar-refractivity contribution >= 4 is 33.0 Å². The lowest BCUT2D eigenvalue weighted by Crippen LogP contribution is -2.21. The highest BCUT2D eigenvalue weighted by molar-refractivity contribution is 9.11. The quantitative estimate of drug-likeness (QED) is 0.737. The van der Waals surface area contributed by atoms with E-state index in [1.165, 1.54) is 20.6 Å². The van der Waals surface area contributed by atoms with Gasteiger partial charge in [-0.25, -0.2) is 0 Å². The Morgan fingerprint density at radius 2 is 2.19 bits per heavy atom. The lowest BCUT2D eigenvalue weighted by molar-refractivity contribution is 0.671. The van der Waals surface area contributed by atoms with E-state index in [4.69, 9.17) is 0 Å². The smallest absolute Gasteiger partial charge is 0.0701 e. The second-order valence-electron chi connectivity index (χ2n) is 5.25. The van der Waals surface area contributed by atoms with Crippen LogP contribution in [0.3, 0.4) is 0 Å². The zero-order valence-electron chi connectivity index (χ0n) is 12.8. The molecule has 0 spiro atoms. The van der Waals surface area contributed by atoms with E-state index in [-0.39, 0.29) is 0 Å². The molecule has 3 nitrogen and oxygen atoms in total. The average molecular weight is 368 g/mol. The monoisotopic (exact) mass is 367 g/mol. The maximum atomic E-state index is 4.44. The summed E-state index contributed by atoms with van der Waals surface area (Å²) < 4.78 is 1.18. The van der Waals surface area contributed by atoms with Crippen LogP contribution in [-0.2, 0) is 13.1 Å². The Kier molecular flexibility index (Phi) is 6.21. The Labute approximate surface area is 139 Å². The number of thiophene rings is 1. The van der Waals surface area contributed by atoms with Crippen LogP contribution in [0.1, 0.15) is 30.2 Å². The molecule has 0 aliphatic rings. The predicted octanol–water partition coefficient (Wildman–Crippen LogP) is 4.35. The van der Waals surface area contributed by atoms with Crippen LogP contribution in [0.15, 0.2) is 27.5 Å². The number of hydrogen-bond donors (Lipinski definition) is 1. The van der Waals surface area contributed by atoms with Crippen LogP contribution in [0.2, 0.25) is 0 Å². The maximum absolute atomic E-state index is 4.44. The van der Waals surface area contributed by atoms with Gasteiger partial charge in [0.25, 0.3) is 0 Å². The van der Waals surface area contributed by atoms with Crippen molar-refractivity contribution in [3.8, 4) is 0 Å². The summed E-state index contributed by atoms with van der Waals surface area (Å²) in [6.45, 7) is 7.04. The Bertz CT molecular complexity index is 583. The minimum atomic E-state index is 0.869. The van der Waals surface area contributed by atoms with Gasteiger partial charge in [-0.1, -0.05) is 6.92 Å². The normalized spacial score (nSPS) is 10.9. The highest BCUT2D eigenvalue weighted by Crippen LogP contribution is 2.25. The lowest BCUT2D eigenvalue weighted by Gasteiger charge is -2.22. The van der Waals surface area contributed by atoms with Crippen molar-refractivity contribution in [1.29, 1.82) is 0 Å². The summed E-state index contributed by atoms with van der Waals surface area (Å²) in [5, 5.41) is 5.66. The van der Waals surface area contributed by atoms with Gasteiger partial charge in [-0.2, -0.15) is 0 Å². The molecule has 0 unspecified atom stereocenters. The van der Waals surface area contributed by atoms with Crippen LogP contribution in [-0.4, -0.2) is 18.6 Å². The van der Waals surface area contributed by atoms with Gasteiger partial charge in [0, 0.05) is 43.3 Å². The first-order chi connectivity index (χ1) is 10.1. The molecule has 0 saturated carbocycles. The third kappa shape index (κ3) is 4.80. The minimum absolute atomic E-state index is 0.869. The molecular weight excluding hydrogens is 346 g/mol. The third-order valence-electron chi connectivity index (χ3n) is 3.29. The number of anilines is 1. The molecule has 0 atom stereocenters. The fourth-order valence-corrected chi connectivity index (χ4v) is 3.45. The Hall–Kier alpha value is -0.910.